The highest BCUT2D eigenvalue weighted by molar-refractivity contribution is 6.31. The number of halogens is 1. The molecule has 2 bridgehead atoms. The van der Waals surface area contributed by atoms with Gasteiger partial charge in [-0.3, -0.25) is 0 Å². The fourth-order valence-corrected chi connectivity index (χ4v) is 4.26. The number of hydrogen-bond acceptors (Lipinski definition) is 7. The maximum atomic E-state index is 11.8. The molecule has 2 fully saturated rings. The minimum absolute atomic E-state index is 0.291. The van der Waals surface area contributed by atoms with Crippen molar-refractivity contribution in [1.82, 2.24) is 0 Å². The zero-order valence-electron chi connectivity index (χ0n) is 16.7. The molecule has 2 aromatic carbocycles. The van der Waals surface area contributed by atoms with Crippen LogP contribution in [-0.2, 0) is 26.5 Å². The summed E-state index contributed by atoms with van der Waals surface area (Å²) >= 11 is 6.38. The number of rotatable bonds is 6. The lowest BCUT2D eigenvalue weighted by Gasteiger charge is -2.44. The maximum absolute atomic E-state index is 11.8. The Morgan fingerprint density at radius 2 is 1.87 bits per heavy atom. The van der Waals surface area contributed by atoms with Crippen LogP contribution in [0.1, 0.15) is 23.6 Å². The molecule has 8 nitrogen and oxygen atoms in total. The molecule has 5 atom stereocenters. The normalized spacial score (nSPS) is 32.1. The summed E-state index contributed by atoms with van der Waals surface area (Å²) in [6, 6.07) is 12.3. The number of aliphatic hydroxyl groups excluding tert-OH is 3. The van der Waals surface area contributed by atoms with Crippen molar-refractivity contribution in [3.63, 3.8) is 0 Å². The average Bonchev–Trinajstić information content (AvgIpc) is 3.15. The van der Waals surface area contributed by atoms with Gasteiger partial charge in [0.05, 0.1) is 13.2 Å². The predicted molar refractivity (Wildman–Crippen MR) is 109 cm³/mol. The second kappa shape index (κ2) is 8.05. The van der Waals surface area contributed by atoms with Gasteiger partial charge >= 0.3 is 5.97 Å². The van der Waals surface area contributed by atoms with Gasteiger partial charge in [-0.2, -0.15) is 0 Å². The fourth-order valence-electron chi connectivity index (χ4n) is 4.07. The largest absolute Gasteiger partial charge is 0.494 e. The second-order valence-electron chi connectivity index (χ2n) is 7.69. The van der Waals surface area contributed by atoms with Gasteiger partial charge in [-0.25, -0.2) is 4.79 Å². The predicted octanol–water partition coefficient (Wildman–Crippen LogP) is 1.45. The van der Waals surface area contributed by atoms with Gasteiger partial charge in [-0.1, -0.05) is 29.8 Å². The van der Waals surface area contributed by atoms with E-state index < -0.39 is 42.3 Å². The number of carboxylic acids is 1. The summed E-state index contributed by atoms with van der Waals surface area (Å²) in [7, 11) is 0. The minimum Gasteiger partial charge on any atom is -0.494 e. The molecule has 0 saturated carbocycles. The summed E-state index contributed by atoms with van der Waals surface area (Å²) in [4.78, 5) is 11.8. The van der Waals surface area contributed by atoms with E-state index >= 15 is 0 Å². The first-order valence-electron chi connectivity index (χ1n) is 9.86. The monoisotopic (exact) mass is 450 g/mol. The molecule has 9 heteroatoms. The van der Waals surface area contributed by atoms with E-state index in [1.165, 1.54) is 6.07 Å². The van der Waals surface area contributed by atoms with Crippen molar-refractivity contribution in [1.29, 1.82) is 0 Å². The van der Waals surface area contributed by atoms with Gasteiger partial charge in [0.25, 0.3) is 0 Å². The topological polar surface area (TPSA) is 126 Å². The summed E-state index contributed by atoms with van der Waals surface area (Å²) in [6.07, 6.45) is -4.90. The highest BCUT2D eigenvalue weighted by Gasteiger charge is 2.70. The van der Waals surface area contributed by atoms with Gasteiger partial charge in [0.1, 0.15) is 24.1 Å². The van der Waals surface area contributed by atoms with Crippen LogP contribution in [0.2, 0.25) is 5.02 Å². The highest BCUT2D eigenvalue weighted by atomic mass is 35.5. The summed E-state index contributed by atoms with van der Waals surface area (Å²) in [5, 5.41) is 41.3. The summed E-state index contributed by atoms with van der Waals surface area (Å²) in [6.45, 7) is 1.94. The van der Waals surface area contributed by atoms with Gasteiger partial charge in [0, 0.05) is 10.6 Å². The number of benzene rings is 2. The van der Waals surface area contributed by atoms with Crippen LogP contribution in [0.4, 0.5) is 0 Å². The van der Waals surface area contributed by atoms with Crippen molar-refractivity contribution in [2.24, 2.45) is 0 Å². The third kappa shape index (κ3) is 3.49. The molecule has 2 aromatic rings. The first-order chi connectivity index (χ1) is 14.7. The minimum atomic E-state index is -2.19. The average molecular weight is 451 g/mol. The lowest BCUT2D eigenvalue weighted by molar-refractivity contribution is -0.321. The Labute approximate surface area is 183 Å². The Kier molecular flexibility index (Phi) is 5.72. The zero-order valence-corrected chi connectivity index (χ0v) is 17.5. The SMILES string of the molecule is CCOc1ccc(Cc2cc([C@]34OC[C@](C(=O)O)(O3)[C@@H](O)[C@H](O)[C@H]4O)ccc2Cl)cc1. The highest BCUT2D eigenvalue weighted by Crippen LogP contribution is 2.50. The smallest absolute Gasteiger partial charge is 0.341 e. The fraction of sp³-hybridized carbons (Fsp3) is 0.409. The number of aliphatic hydroxyl groups is 3. The summed E-state index contributed by atoms with van der Waals surface area (Å²) in [5.74, 6) is -2.69. The Balaban J connectivity index is 1.68. The number of ether oxygens (including phenoxy) is 3. The Morgan fingerprint density at radius 1 is 1.16 bits per heavy atom. The maximum Gasteiger partial charge on any atom is 0.341 e. The van der Waals surface area contributed by atoms with E-state index in [-0.39, 0.29) is 0 Å². The molecule has 0 aromatic heterocycles. The third-order valence-corrected chi connectivity index (χ3v) is 6.16. The molecule has 2 aliphatic rings. The number of hydrogen-bond donors (Lipinski definition) is 4. The van der Waals surface area contributed by atoms with Gasteiger partial charge in [-0.05, 0) is 48.7 Å². The molecule has 0 aliphatic carbocycles. The van der Waals surface area contributed by atoms with Crippen LogP contribution in [0.25, 0.3) is 0 Å². The number of carboxylic acid groups (broad SMARTS) is 1. The molecule has 31 heavy (non-hydrogen) atoms. The van der Waals surface area contributed by atoms with Crippen molar-refractivity contribution in [3.05, 3.63) is 64.2 Å². The molecular weight excluding hydrogens is 428 g/mol. The van der Waals surface area contributed by atoms with E-state index in [0.29, 0.717) is 29.2 Å². The van der Waals surface area contributed by atoms with Crippen LogP contribution >= 0.6 is 11.6 Å². The molecule has 0 unspecified atom stereocenters. The summed E-state index contributed by atoms with van der Waals surface area (Å²) in [5.41, 5.74) is -0.258. The van der Waals surface area contributed by atoms with E-state index in [1.807, 2.05) is 31.2 Å². The number of aliphatic carboxylic acids is 1. The van der Waals surface area contributed by atoms with Gasteiger partial charge in [0.15, 0.2) is 0 Å². The molecule has 2 heterocycles. The van der Waals surface area contributed by atoms with Gasteiger partial charge in [0.2, 0.25) is 11.4 Å². The Morgan fingerprint density at radius 3 is 2.52 bits per heavy atom. The van der Waals surface area contributed by atoms with Crippen molar-refractivity contribution < 1.29 is 39.4 Å². The zero-order chi connectivity index (χ0) is 22.4. The second-order valence-corrected chi connectivity index (χ2v) is 8.10. The van der Waals surface area contributed by atoms with Gasteiger partial charge in [-0.15, -0.1) is 0 Å². The Bertz CT molecular complexity index is 980. The standard InChI is InChI=1S/C22H23ClO8/c1-2-29-15-6-3-12(4-7-15)9-13-10-14(5-8-16(13)23)22-19(26)17(24)18(25)21(31-22,11-30-22)20(27)28/h3-8,10,17-19,24-26H,2,9,11H2,1H3,(H,27,28)/t17-,18-,19+,21-,22-/m0/s1. The van der Waals surface area contributed by atoms with Crippen LogP contribution in [0, 0.1) is 0 Å². The first-order valence-corrected chi connectivity index (χ1v) is 10.2. The van der Waals surface area contributed by atoms with E-state index in [2.05, 4.69) is 0 Å². The van der Waals surface area contributed by atoms with Crippen LogP contribution in [-0.4, -0.2) is 63.5 Å². The van der Waals surface area contributed by atoms with Crippen LogP contribution < -0.4 is 4.74 Å². The van der Waals surface area contributed by atoms with Crippen molar-refractivity contribution >= 4 is 17.6 Å². The van der Waals surface area contributed by atoms with Gasteiger partial charge < -0.3 is 34.6 Å². The number of fused-ring (bicyclic) bond motifs is 2. The molecular formula is C22H23ClO8. The molecule has 4 rings (SSSR count). The van der Waals surface area contributed by atoms with Crippen molar-refractivity contribution in [2.45, 2.75) is 43.0 Å². The molecule has 2 aliphatic heterocycles. The lowest BCUT2D eigenvalue weighted by Crippen LogP contribution is -2.67. The quantitative estimate of drug-likeness (QED) is 0.521. The number of carbonyl (C=O) groups is 1. The van der Waals surface area contributed by atoms with E-state index in [1.54, 1.807) is 12.1 Å². The van der Waals surface area contributed by atoms with E-state index in [4.69, 9.17) is 25.8 Å². The molecule has 0 radical (unpaired) electrons. The molecule has 2 saturated heterocycles. The Hall–Kier alpha value is -2.20. The van der Waals surface area contributed by atoms with E-state index in [9.17, 15) is 25.2 Å². The molecule has 0 spiro atoms. The van der Waals surface area contributed by atoms with Crippen LogP contribution in [0.15, 0.2) is 42.5 Å². The summed E-state index contributed by atoms with van der Waals surface area (Å²) < 4.78 is 16.7. The molecule has 4 N–H and O–H groups in total. The lowest BCUT2D eigenvalue weighted by atomic mass is 9.83. The third-order valence-electron chi connectivity index (χ3n) is 5.79. The first kappa shape index (κ1) is 22.0. The molecule has 0 amide bonds. The van der Waals surface area contributed by atoms with Crippen molar-refractivity contribution in [3.8, 4) is 5.75 Å². The van der Waals surface area contributed by atoms with Crippen LogP contribution in [0.5, 0.6) is 5.75 Å². The van der Waals surface area contributed by atoms with E-state index in [0.717, 1.165) is 11.3 Å². The van der Waals surface area contributed by atoms with Crippen molar-refractivity contribution in [2.75, 3.05) is 13.2 Å². The van der Waals surface area contributed by atoms with Crippen LogP contribution in [0.3, 0.4) is 0 Å². The molecule has 166 valence electrons.